The molecular weight excluding hydrogens is 229 g/mol. The van der Waals surface area contributed by atoms with Crippen LogP contribution in [0.3, 0.4) is 0 Å². The molecule has 0 amide bonds. The van der Waals surface area contributed by atoms with E-state index in [0.29, 0.717) is 0 Å². The van der Waals surface area contributed by atoms with Gasteiger partial charge in [0.25, 0.3) is 0 Å². The lowest BCUT2D eigenvalue weighted by Gasteiger charge is -2.31. The van der Waals surface area contributed by atoms with Crippen molar-refractivity contribution in [1.29, 1.82) is 0 Å². The Bertz CT molecular complexity index is 215. The van der Waals surface area contributed by atoms with Gasteiger partial charge in [-0.25, -0.2) is 0 Å². The minimum absolute atomic E-state index is 0.752. The summed E-state index contributed by atoms with van der Waals surface area (Å²) >= 11 is 0. The van der Waals surface area contributed by atoms with E-state index in [1.165, 1.54) is 89.9 Å². The van der Waals surface area contributed by atoms with Crippen molar-refractivity contribution in [2.45, 2.75) is 102 Å². The van der Waals surface area contributed by atoms with Crippen molar-refractivity contribution in [1.82, 2.24) is 5.32 Å². The lowest BCUT2D eigenvalue weighted by Crippen LogP contribution is -2.43. The molecule has 0 spiro atoms. The van der Waals surface area contributed by atoms with Crippen molar-refractivity contribution < 1.29 is 0 Å². The first-order valence-corrected chi connectivity index (χ1v) is 9.12. The van der Waals surface area contributed by atoms with Gasteiger partial charge in [0, 0.05) is 6.04 Å². The Kier molecular flexibility index (Phi) is 7.34. The van der Waals surface area contributed by atoms with Gasteiger partial charge in [0.15, 0.2) is 0 Å². The van der Waals surface area contributed by atoms with E-state index in [-0.39, 0.29) is 0 Å². The molecule has 0 aromatic heterocycles. The topological polar surface area (TPSA) is 12.0 Å². The van der Waals surface area contributed by atoms with Crippen LogP contribution in [0, 0.1) is 5.92 Å². The zero-order valence-corrected chi connectivity index (χ0v) is 13.1. The predicted octanol–water partition coefficient (Wildman–Crippen LogP) is 4.01. The Hall–Kier alpha value is 0.0249. The van der Waals surface area contributed by atoms with Crippen LogP contribution in [-0.4, -0.2) is 19.8 Å². The highest BCUT2D eigenvalue weighted by molar-refractivity contribution is 6.11. The second kappa shape index (κ2) is 9.05. The number of hydrogen-bond donors (Lipinski definition) is 1. The van der Waals surface area contributed by atoms with Crippen molar-refractivity contribution in [3.05, 3.63) is 0 Å². The molecule has 0 aromatic carbocycles. The standard InChI is InChI=1S/C17H34BN/c18-17(15-11-7-3-1-4-8-12-15)19-16-13-9-5-2-6-10-14-16/h15-17,19H,1-14,18H2. The quantitative estimate of drug-likeness (QED) is 0.759. The molecule has 0 saturated heterocycles. The van der Waals surface area contributed by atoms with E-state index in [1.54, 1.807) is 0 Å². The summed E-state index contributed by atoms with van der Waals surface area (Å²) in [6.07, 6.45) is 20.5. The van der Waals surface area contributed by atoms with Gasteiger partial charge < -0.3 is 5.32 Å². The molecule has 19 heavy (non-hydrogen) atoms. The maximum Gasteiger partial charge on any atom is 0.123 e. The highest BCUT2D eigenvalue weighted by Gasteiger charge is 2.21. The Morgan fingerprint density at radius 2 is 1.05 bits per heavy atom. The molecule has 1 unspecified atom stereocenters. The average Bonchev–Trinajstić information content (AvgIpc) is 2.31. The van der Waals surface area contributed by atoms with Crippen LogP contribution in [-0.2, 0) is 0 Å². The van der Waals surface area contributed by atoms with Crippen molar-refractivity contribution in [3.8, 4) is 0 Å². The highest BCUT2D eigenvalue weighted by atomic mass is 14.9. The minimum Gasteiger partial charge on any atom is -0.319 e. The largest absolute Gasteiger partial charge is 0.319 e. The predicted molar refractivity (Wildman–Crippen MR) is 87.4 cm³/mol. The third-order valence-corrected chi connectivity index (χ3v) is 5.46. The van der Waals surface area contributed by atoms with Crippen molar-refractivity contribution in [2.75, 3.05) is 0 Å². The van der Waals surface area contributed by atoms with E-state index < -0.39 is 0 Å². The fourth-order valence-electron chi connectivity index (χ4n) is 4.12. The van der Waals surface area contributed by atoms with E-state index in [1.807, 2.05) is 0 Å². The molecule has 0 heterocycles. The maximum atomic E-state index is 4.00. The summed E-state index contributed by atoms with van der Waals surface area (Å²) in [6.45, 7) is 0. The van der Waals surface area contributed by atoms with E-state index in [4.69, 9.17) is 0 Å². The summed E-state index contributed by atoms with van der Waals surface area (Å²) in [7, 11) is 2.46. The normalized spacial score (nSPS) is 26.9. The molecule has 1 N–H and O–H groups in total. The van der Waals surface area contributed by atoms with Gasteiger partial charge in [0.2, 0.25) is 0 Å². The number of rotatable bonds is 3. The van der Waals surface area contributed by atoms with Crippen LogP contribution in [0.2, 0.25) is 0 Å². The summed E-state index contributed by atoms with van der Waals surface area (Å²) in [6, 6.07) is 0.820. The summed E-state index contributed by atoms with van der Waals surface area (Å²) in [4.78, 5) is 0. The van der Waals surface area contributed by atoms with Gasteiger partial charge in [0.1, 0.15) is 7.85 Å². The first-order valence-electron chi connectivity index (χ1n) is 9.12. The second-order valence-corrected chi connectivity index (χ2v) is 7.10. The molecular formula is C17H34BN. The Balaban J connectivity index is 1.75. The molecule has 0 aromatic rings. The summed E-state index contributed by atoms with van der Waals surface area (Å²) < 4.78 is 0. The van der Waals surface area contributed by atoms with Crippen LogP contribution >= 0.6 is 0 Å². The van der Waals surface area contributed by atoms with Gasteiger partial charge in [-0.2, -0.15) is 0 Å². The van der Waals surface area contributed by atoms with E-state index in [9.17, 15) is 0 Å². The van der Waals surface area contributed by atoms with Crippen molar-refractivity contribution >= 4 is 7.85 Å². The van der Waals surface area contributed by atoms with Crippen LogP contribution < -0.4 is 5.32 Å². The Morgan fingerprint density at radius 3 is 1.58 bits per heavy atom. The molecule has 2 aliphatic rings. The third-order valence-electron chi connectivity index (χ3n) is 5.46. The van der Waals surface area contributed by atoms with Crippen LogP contribution in [0.25, 0.3) is 0 Å². The van der Waals surface area contributed by atoms with Crippen LogP contribution in [0.5, 0.6) is 0 Å². The first kappa shape index (κ1) is 15.4. The van der Waals surface area contributed by atoms with Crippen LogP contribution in [0.1, 0.15) is 89.9 Å². The van der Waals surface area contributed by atoms with Gasteiger partial charge in [-0.1, -0.05) is 64.2 Å². The molecule has 0 bridgehead atoms. The molecule has 0 aliphatic heterocycles. The van der Waals surface area contributed by atoms with Gasteiger partial charge in [-0.05, 0) is 37.5 Å². The van der Waals surface area contributed by atoms with Crippen LogP contribution in [0.4, 0.5) is 0 Å². The zero-order chi connectivity index (χ0) is 13.3. The van der Waals surface area contributed by atoms with Gasteiger partial charge in [-0.15, -0.1) is 0 Å². The minimum atomic E-state index is 0.752. The fourth-order valence-corrected chi connectivity index (χ4v) is 4.12. The molecule has 1 nitrogen and oxygen atoms in total. The summed E-state index contributed by atoms with van der Waals surface area (Å²) in [5.74, 6) is 1.70. The molecule has 2 heteroatoms. The smallest absolute Gasteiger partial charge is 0.123 e. The maximum absolute atomic E-state index is 4.00. The number of nitrogens with one attached hydrogen (secondary N) is 1. The van der Waals surface area contributed by atoms with E-state index >= 15 is 0 Å². The fraction of sp³-hybridized carbons (Fsp3) is 1.00. The SMILES string of the molecule is BC(NC1CCCCCCC1)C1CCCCCCC1. The monoisotopic (exact) mass is 263 g/mol. The molecule has 110 valence electrons. The van der Waals surface area contributed by atoms with E-state index in [0.717, 1.165) is 17.9 Å². The molecule has 1 atom stereocenters. The Labute approximate surface area is 121 Å². The average molecular weight is 263 g/mol. The molecule has 2 saturated carbocycles. The number of hydrogen-bond acceptors (Lipinski definition) is 1. The molecule has 2 fully saturated rings. The van der Waals surface area contributed by atoms with Gasteiger partial charge >= 0.3 is 0 Å². The summed E-state index contributed by atoms with van der Waals surface area (Å²) in [5.41, 5.74) is 0. The zero-order valence-electron chi connectivity index (χ0n) is 13.1. The van der Waals surface area contributed by atoms with Crippen molar-refractivity contribution in [3.63, 3.8) is 0 Å². The lowest BCUT2D eigenvalue weighted by atomic mass is 9.76. The lowest BCUT2D eigenvalue weighted by molar-refractivity contribution is 0.297. The van der Waals surface area contributed by atoms with Gasteiger partial charge in [-0.3, -0.25) is 0 Å². The highest BCUT2D eigenvalue weighted by Crippen LogP contribution is 2.25. The van der Waals surface area contributed by atoms with Gasteiger partial charge in [0.05, 0.1) is 0 Å². The van der Waals surface area contributed by atoms with Crippen molar-refractivity contribution in [2.24, 2.45) is 5.92 Å². The molecule has 2 aliphatic carbocycles. The Morgan fingerprint density at radius 1 is 0.632 bits per heavy atom. The van der Waals surface area contributed by atoms with E-state index in [2.05, 4.69) is 13.2 Å². The second-order valence-electron chi connectivity index (χ2n) is 7.10. The molecule has 2 rings (SSSR count). The molecule has 0 radical (unpaired) electrons. The van der Waals surface area contributed by atoms with Crippen LogP contribution in [0.15, 0.2) is 0 Å². The summed E-state index contributed by atoms with van der Waals surface area (Å²) in [5, 5.41) is 4.00. The first-order chi connectivity index (χ1) is 9.36. The third kappa shape index (κ3) is 5.89.